The molecule has 27 heavy (non-hydrogen) atoms. The number of hydrogen-bond acceptors (Lipinski definition) is 3. The minimum absolute atomic E-state index is 0. The van der Waals surface area contributed by atoms with Crippen molar-refractivity contribution in [3.05, 3.63) is 65.7 Å². The lowest BCUT2D eigenvalue weighted by atomic mass is 10.0. The number of hydrogen-bond donors (Lipinski definition) is 0. The Labute approximate surface area is 168 Å². The second kappa shape index (κ2) is 10.3. The van der Waals surface area contributed by atoms with Crippen LogP contribution >= 0.6 is 12.4 Å². The maximum Gasteiger partial charge on any atom is 0.227 e. The first-order chi connectivity index (χ1) is 12.7. The van der Waals surface area contributed by atoms with Crippen LogP contribution in [0.1, 0.15) is 30.0 Å². The summed E-state index contributed by atoms with van der Waals surface area (Å²) < 4.78 is 5.40. The fourth-order valence-electron chi connectivity index (χ4n) is 3.65. The molecule has 1 aliphatic rings. The first-order valence-corrected chi connectivity index (χ1v) is 9.34. The van der Waals surface area contributed by atoms with Gasteiger partial charge in [-0.25, -0.2) is 0 Å². The highest BCUT2D eigenvalue weighted by Gasteiger charge is 2.26. The Kier molecular flexibility index (Phi) is 8.14. The number of carbonyl (C=O) groups is 1. The summed E-state index contributed by atoms with van der Waals surface area (Å²) in [6.07, 6.45) is 2.85. The molecular formula is C22H29ClN2O2. The van der Waals surface area contributed by atoms with Gasteiger partial charge in [0.1, 0.15) is 5.75 Å². The summed E-state index contributed by atoms with van der Waals surface area (Å²) in [5.41, 5.74) is 2.12. The van der Waals surface area contributed by atoms with Gasteiger partial charge < -0.3 is 14.5 Å². The summed E-state index contributed by atoms with van der Waals surface area (Å²) in [6, 6.07) is 18.2. The maximum atomic E-state index is 13.0. The summed E-state index contributed by atoms with van der Waals surface area (Å²) in [5, 5.41) is 0. The predicted molar refractivity (Wildman–Crippen MR) is 112 cm³/mol. The van der Waals surface area contributed by atoms with E-state index in [9.17, 15) is 4.79 Å². The number of ether oxygens (including phenoxy) is 1. The van der Waals surface area contributed by atoms with Gasteiger partial charge in [-0.05, 0) is 37.6 Å². The molecule has 0 aromatic heterocycles. The molecule has 1 fully saturated rings. The van der Waals surface area contributed by atoms with Crippen molar-refractivity contribution in [1.29, 1.82) is 0 Å². The summed E-state index contributed by atoms with van der Waals surface area (Å²) in [4.78, 5) is 17.4. The third-order valence-electron chi connectivity index (χ3n) is 5.21. The lowest BCUT2D eigenvalue weighted by Gasteiger charge is -2.32. The predicted octanol–water partition coefficient (Wildman–Crippen LogP) is 3.96. The Bertz CT molecular complexity index is 717. The quantitative estimate of drug-likeness (QED) is 0.719. The van der Waals surface area contributed by atoms with Crippen molar-refractivity contribution < 1.29 is 9.53 Å². The highest BCUT2D eigenvalue weighted by atomic mass is 35.5. The van der Waals surface area contributed by atoms with Gasteiger partial charge in [0, 0.05) is 19.2 Å². The summed E-state index contributed by atoms with van der Waals surface area (Å²) >= 11 is 0. The molecule has 1 atom stereocenters. The third-order valence-corrected chi connectivity index (χ3v) is 5.21. The van der Waals surface area contributed by atoms with Crippen LogP contribution in [0.15, 0.2) is 54.6 Å². The number of likely N-dealkylation sites (tertiary alicyclic amines) is 1. The van der Waals surface area contributed by atoms with Crippen molar-refractivity contribution in [2.24, 2.45) is 0 Å². The maximum absolute atomic E-state index is 13.0. The fourth-order valence-corrected chi connectivity index (χ4v) is 3.65. The molecule has 0 saturated carbocycles. The second-order valence-corrected chi connectivity index (χ2v) is 6.93. The van der Waals surface area contributed by atoms with Crippen LogP contribution in [-0.2, 0) is 11.2 Å². The SMILES string of the molecule is COc1ccccc1CC(=O)N(C)[C@H](CN1CCCC1)c1ccccc1.Cl. The van der Waals surface area contributed by atoms with E-state index in [-0.39, 0.29) is 24.4 Å². The summed E-state index contributed by atoms with van der Waals surface area (Å²) in [5.74, 6) is 0.882. The second-order valence-electron chi connectivity index (χ2n) is 6.93. The molecule has 146 valence electrons. The fraction of sp³-hybridized carbons (Fsp3) is 0.409. The standard InChI is InChI=1S/C22H28N2O2.ClH/c1-23(22(25)16-19-12-6-7-13-21(19)26-2)20(17-24-14-8-9-15-24)18-10-4-3-5-11-18;/h3-7,10-13,20H,8-9,14-17H2,1-2H3;1H/t20-;/m1./s1. The van der Waals surface area contributed by atoms with E-state index in [1.165, 1.54) is 18.4 Å². The largest absolute Gasteiger partial charge is 0.496 e. The molecule has 1 aliphatic heterocycles. The van der Waals surface area contributed by atoms with Gasteiger partial charge in [0.25, 0.3) is 0 Å². The van der Waals surface area contributed by atoms with Crippen LogP contribution < -0.4 is 4.74 Å². The zero-order valence-corrected chi connectivity index (χ0v) is 17.0. The molecule has 0 radical (unpaired) electrons. The number of likely N-dealkylation sites (N-methyl/N-ethyl adjacent to an activating group) is 1. The van der Waals surface area contributed by atoms with Crippen molar-refractivity contribution >= 4 is 18.3 Å². The van der Waals surface area contributed by atoms with E-state index in [1.54, 1.807) is 7.11 Å². The van der Waals surface area contributed by atoms with Gasteiger partial charge in [0.2, 0.25) is 5.91 Å². The van der Waals surface area contributed by atoms with E-state index >= 15 is 0 Å². The smallest absolute Gasteiger partial charge is 0.227 e. The molecule has 5 heteroatoms. The van der Waals surface area contributed by atoms with Crippen LogP contribution in [0.25, 0.3) is 0 Å². The van der Waals surface area contributed by atoms with Crippen LogP contribution in [-0.4, -0.2) is 49.5 Å². The molecule has 2 aromatic rings. The summed E-state index contributed by atoms with van der Waals surface area (Å²) in [7, 11) is 3.57. The molecule has 0 aliphatic carbocycles. The number of nitrogens with zero attached hydrogens (tertiary/aromatic N) is 2. The van der Waals surface area contributed by atoms with E-state index in [0.717, 1.165) is 30.9 Å². The number of rotatable bonds is 7. The number of methoxy groups -OCH3 is 1. The van der Waals surface area contributed by atoms with Crippen LogP contribution in [0.2, 0.25) is 0 Å². The lowest BCUT2D eigenvalue weighted by Crippen LogP contribution is -2.39. The molecule has 1 saturated heterocycles. The monoisotopic (exact) mass is 388 g/mol. The normalized spacial score (nSPS) is 15.0. The molecule has 2 aromatic carbocycles. The van der Waals surface area contributed by atoms with E-state index in [2.05, 4.69) is 17.0 Å². The zero-order chi connectivity index (χ0) is 18.4. The first kappa shape index (κ1) is 21.3. The van der Waals surface area contributed by atoms with Gasteiger partial charge in [-0.15, -0.1) is 12.4 Å². The molecule has 0 bridgehead atoms. The van der Waals surface area contributed by atoms with Crippen LogP contribution in [0, 0.1) is 0 Å². The van der Waals surface area contributed by atoms with Gasteiger partial charge in [-0.3, -0.25) is 4.79 Å². The van der Waals surface area contributed by atoms with E-state index in [0.29, 0.717) is 6.42 Å². The molecule has 1 amide bonds. The Morgan fingerprint density at radius 3 is 2.37 bits per heavy atom. The Balaban J connectivity index is 0.00000261. The number of benzene rings is 2. The minimum Gasteiger partial charge on any atom is -0.496 e. The third kappa shape index (κ3) is 5.47. The molecule has 0 N–H and O–H groups in total. The lowest BCUT2D eigenvalue weighted by molar-refractivity contribution is -0.131. The van der Waals surface area contributed by atoms with Crippen molar-refractivity contribution in [2.45, 2.75) is 25.3 Å². The highest BCUT2D eigenvalue weighted by Crippen LogP contribution is 2.25. The highest BCUT2D eigenvalue weighted by molar-refractivity contribution is 5.85. The molecule has 3 rings (SSSR count). The summed E-state index contributed by atoms with van der Waals surface area (Å²) in [6.45, 7) is 3.13. The topological polar surface area (TPSA) is 32.8 Å². The number of halogens is 1. The van der Waals surface area contributed by atoms with E-state index in [4.69, 9.17) is 4.74 Å². The van der Waals surface area contributed by atoms with Crippen molar-refractivity contribution in [1.82, 2.24) is 9.80 Å². The van der Waals surface area contributed by atoms with Crippen molar-refractivity contribution in [3.8, 4) is 5.75 Å². The minimum atomic E-state index is 0. The molecule has 0 unspecified atom stereocenters. The molecule has 0 spiro atoms. The van der Waals surface area contributed by atoms with Crippen LogP contribution in [0.4, 0.5) is 0 Å². The first-order valence-electron chi connectivity index (χ1n) is 9.34. The number of para-hydroxylation sites is 1. The average Bonchev–Trinajstić information content (AvgIpc) is 3.20. The number of amides is 1. The van der Waals surface area contributed by atoms with Crippen molar-refractivity contribution in [2.75, 3.05) is 33.8 Å². The molecule has 4 nitrogen and oxygen atoms in total. The Morgan fingerprint density at radius 2 is 1.70 bits per heavy atom. The van der Waals surface area contributed by atoms with Gasteiger partial charge in [-0.1, -0.05) is 48.5 Å². The Hall–Kier alpha value is -2.04. The number of carbonyl (C=O) groups excluding carboxylic acids is 1. The average molecular weight is 389 g/mol. The van der Waals surface area contributed by atoms with Crippen molar-refractivity contribution in [3.63, 3.8) is 0 Å². The zero-order valence-electron chi connectivity index (χ0n) is 16.1. The van der Waals surface area contributed by atoms with E-state index < -0.39 is 0 Å². The van der Waals surface area contributed by atoms with Crippen LogP contribution in [0.5, 0.6) is 5.75 Å². The Morgan fingerprint density at radius 1 is 1.07 bits per heavy atom. The van der Waals surface area contributed by atoms with E-state index in [1.807, 2.05) is 54.4 Å². The van der Waals surface area contributed by atoms with Gasteiger partial charge in [-0.2, -0.15) is 0 Å². The van der Waals surface area contributed by atoms with Gasteiger partial charge >= 0.3 is 0 Å². The van der Waals surface area contributed by atoms with Gasteiger partial charge in [0.05, 0.1) is 19.6 Å². The molecular weight excluding hydrogens is 360 g/mol. The van der Waals surface area contributed by atoms with Crippen LogP contribution in [0.3, 0.4) is 0 Å². The molecule has 1 heterocycles. The van der Waals surface area contributed by atoms with Gasteiger partial charge in [0.15, 0.2) is 0 Å².